The average Bonchev–Trinajstić information content (AvgIpc) is 2.77. The normalized spacial score (nSPS) is 41.2. The van der Waals surface area contributed by atoms with E-state index < -0.39 is 5.97 Å². The van der Waals surface area contributed by atoms with Gasteiger partial charge < -0.3 is 10.1 Å². The van der Waals surface area contributed by atoms with Crippen LogP contribution < -0.4 is 0 Å². The molecule has 3 heteroatoms. The molecule has 4 bridgehead atoms. The molecule has 2 N–H and O–H groups in total. The van der Waals surface area contributed by atoms with E-state index in [1.54, 1.807) is 0 Å². The van der Waals surface area contributed by atoms with Crippen LogP contribution in [0.5, 0.6) is 0 Å². The van der Waals surface area contributed by atoms with E-state index in [4.69, 9.17) is 5.11 Å². The Morgan fingerprint density at radius 1 is 1.11 bits per heavy atom. The minimum Gasteiger partial charge on any atom is -0.477 e. The summed E-state index contributed by atoms with van der Waals surface area (Å²) in [5, 5.41) is 9.02. The monoisotopic (exact) mass is 245 g/mol. The fraction of sp³-hybridized carbons (Fsp3) is 0.667. The molecule has 5 rings (SSSR count). The molecule has 0 unspecified atom stereocenters. The lowest BCUT2D eigenvalue weighted by Crippen LogP contribution is -2.43. The Morgan fingerprint density at radius 2 is 1.72 bits per heavy atom. The van der Waals surface area contributed by atoms with E-state index in [0.29, 0.717) is 11.6 Å². The van der Waals surface area contributed by atoms with Crippen molar-refractivity contribution in [2.24, 2.45) is 23.7 Å². The van der Waals surface area contributed by atoms with E-state index in [2.05, 4.69) is 4.98 Å². The molecular formula is C15H19NO2. The smallest absolute Gasteiger partial charge is 0.352 e. The number of hydrogen-bond donors (Lipinski definition) is 2. The summed E-state index contributed by atoms with van der Waals surface area (Å²) in [5.74, 6) is 3.37. The van der Waals surface area contributed by atoms with E-state index in [-0.39, 0.29) is 0 Å². The van der Waals surface area contributed by atoms with Gasteiger partial charge in [0.15, 0.2) is 0 Å². The molecular weight excluding hydrogens is 226 g/mol. The second-order valence-corrected chi connectivity index (χ2v) is 6.61. The Morgan fingerprint density at radius 3 is 2.22 bits per heavy atom. The molecule has 1 aromatic heterocycles. The van der Waals surface area contributed by atoms with Crippen LogP contribution in [0.2, 0.25) is 0 Å². The second-order valence-electron chi connectivity index (χ2n) is 6.61. The third kappa shape index (κ3) is 1.46. The molecule has 1 aromatic rings. The largest absolute Gasteiger partial charge is 0.477 e. The van der Waals surface area contributed by atoms with Crippen LogP contribution in [0.25, 0.3) is 0 Å². The van der Waals surface area contributed by atoms with Gasteiger partial charge in [0.05, 0.1) is 0 Å². The fourth-order valence-corrected chi connectivity index (χ4v) is 5.20. The topological polar surface area (TPSA) is 53.1 Å². The summed E-state index contributed by atoms with van der Waals surface area (Å²) >= 11 is 0. The van der Waals surface area contributed by atoms with Gasteiger partial charge in [-0.05, 0) is 73.3 Å². The van der Waals surface area contributed by atoms with Gasteiger partial charge >= 0.3 is 5.97 Å². The van der Waals surface area contributed by atoms with E-state index >= 15 is 0 Å². The maximum Gasteiger partial charge on any atom is 0.352 e. The van der Waals surface area contributed by atoms with E-state index in [1.165, 1.54) is 37.7 Å². The molecule has 0 aromatic carbocycles. The zero-order valence-electron chi connectivity index (χ0n) is 10.4. The summed E-state index contributed by atoms with van der Waals surface area (Å²) in [4.78, 5) is 13.9. The first-order valence-corrected chi connectivity index (χ1v) is 7.12. The number of aromatic amines is 1. The van der Waals surface area contributed by atoms with Crippen LogP contribution in [0.15, 0.2) is 12.3 Å². The number of hydrogen-bond acceptors (Lipinski definition) is 1. The molecule has 96 valence electrons. The van der Waals surface area contributed by atoms with Gasteiger partial charge in [0.25, 0.3) is 0 Å². The molecule has 0 aliphatic heterocycles. The predicted octanol–water partition coefficient (Wildman–Crippen LogP) is 3.25. The number of rotatable bonds is 2. The van der Waals surface area contributed by atoms with Crippen molar-refractivity contribution in [1.82, 2.24) is 4.98 Å². The van der Waals surface area contributed by atoms with Gasteiger partial charge in [0.2, 0.25) is 0 Å². The van der Waals surface area contributed by atoms with Crippen molar-refractivity contribution in [1.29, 1.82) is 0 Å². The first-order chi connectivity index (χ1) is 8.70. The maximum atomic E-state index is 11.0. The second kappa shape index (κ2) is 3.62. The number of nitrogens with one attached hydrogen (secondary N) is 1. The van der Waals surface area contributed by atoms with Crippen molar-refractivity contribution in [3.63, 3.8) is 0 Å². The lowest BCUT2D eigenvalue weighted by Gasteiger charge is -2.54. The molecule has 1 heterocycles. The SMILES string of the molecule is O=C(O)c1cc(C2C3CC4CC(C3)CC2C4)c[nH]1. The summed E-state index contributed by atoms with van der Waals surface area (Å²) in [5.41, 5.74) is 1.60. The number of carbonyl (C=O) groups is 1. The number of aromatic nitrogens is 1. The van der Waals surface area contributed by atoms with Crippen molar-refractivity contribution in [2.75, 3.05) is 0 Å². The maximum absolute atomic E-state index is 11.0. The molecule has 0 radical (unpaired) electrons. The van der Waals surface area contributed by atoms with E-state index in [0.717, 1.165) is 23.7 Å². The predicted molar refractivity (Wildman–Crippen MR) is 67.5 cm³/mol. The first kappa shape index (κ1) is 10.7. The van der Waals surface area contributed by atoms with Crippen LogP contribution in [0.4, 0.5) is 0 Å². The summed E-state index contributed by atoms with van der Waals surface area (Å²) in [6, 6.07) is 1.87. The third-order valence-corrected chi connectivity index (χ3v) is 5.55. The van der Waals surface area contributed by atoms with Gasteiger partial charge in [0, 0.05) is 6.20 Å². The lowest BCUT2D eigenvalue weighted by atomic mass is 9.51. The molecule has 3 nitrogen and oxygen atoms in total. The Balaban J connectivity index is 1.66. The van der Waals surface area contributed by atoms with Gasteiger partial charge in [-0.2, -0.15) is 0 Å². The molecule has 4 aliphatic rings. The van der Waals surface area contributed by atoms with Gasteiger partial charge in [-0.15, -0.1) is 0 Å². The van der Waals surface area contributed by atoms with Crippen molar-refractivity contribution < 1.29 is 9.90 Å². The molecule has 0 spiro atoms. The van der Waals surface area contributed by atoms with Gasteiger partial charge in [-0.3, -0.25) is 0 Å². The zero-order valence-corrected chi connectivity index (χ0v) is 10.4. The van der Waals surface area contributed by atoms with Crippen molar-refractivity contribution in [3.05, 3.63) is 23.5 Å². The zero-order chi connectivity index (χ0) is 12.3. The number of H-pyrrole nitrogens is 1. The van der Waals surface area contributed by atoms with Crippen LogP contribution in [0.1, 0.15) is 54.1 Å². The Labute approximate surface area is 107 Å². The van der Waals surface area contributed by atoms with Gasteiger partial charge in [-0.25, -0.2) is 4.79 Å². The average molecular weight is 245 g/mol. The highest BCUT2D eigenvalue weighted by molar-refractivity contribution is 5.85. The lowest BCUT2D eigenvalue weighted by molar-refractivity contribution is -0.00275. The van der Waals surface area contributed by atoms with Crippen LogP contribution in [0.3, 0.4) is 0 Å². The minimum atomic E-state index is -0.843. The molecule has 18 heavy (non-hydrogen) atoms. The van der Waals surface area contributed by atoms with Crippen LogP contribution in [-0.2, 0) is 0 Å². The van der Waals surface area contributed by atoms with Gasteiger partial charge in [0.1, 0.15) is 5.69 Å². The van der Waals surface area contributed by atoms with Crippen molar-refractivity contribution in [3.8, 4) is 0 Å². The van der Waals surface area contributed by atoms with E-state index in [1.807, 2.05) is 12.3 Å². The van der Waals surface area contributed by atoms with Gasteiger partial charge in [-0.1, -0.05) is 0 Å². The Kier molecular flexibility index (Phi) is 2.14. The minimum absolute atomic E-state index is 0.346. The molecule has 4 saturated carbocycles. The number of carboxylic acids is 1. The summed E-state index contributed by atoms with van der Waals surface area (Å²) in [7, 11) is 0. The van der Waals surface area contributed by atoms with E-state index in [9.17, 15) is 4.79 Å². The quantitative estimate of drug-likeness (QED) is 0.840. The molecule has 0 saturated heterocycles. The number of aromatic carboxylic acids is 1. The molecule has 4 aliphatic carbocycles. The van der Waals surface area contributed by atoms with Crippen LogP contribution >= 0.6 is 0 Å². The highest BCUT2D eigenvalue weighted by Crippen LogP contribution is 2.59. The summed E-state index contributed by atoms with van der Waals surface area (Å²) in [6.45, 7) is 0. The molecule has 0 atom stereocenters. The Hall–Kier alpha value is -1.25. The summed E-state index contributed by atoms with van der Waals surface area (Å²) in [6.07, 6.45) is 8.93. The van der Waals surface area contributed by atoms with Crippen molar-refractivity contribution >= 4 is 5.97 Å². The molecule has 4 fully saturated rings. The first-order valence-electron chi connectivity index (χ1n) is 7.12. The standard InChI is InChI=1S/C15H19NO2/c17-15(18)13-6-12(7-16-13)14-10-2-8-1-9(4-10)5-11(14)3-8/h6-11,14,16H,1-5H2,(H,17,18). The van der Waals surface area contributed by atoms with Crippen LogP contribution in [0, 0.1) is 23.7 Å². The third-order valence-electron chi connectivity index (χ3n) is 5.55. The van der Waals surface area contributed by atoms with Crippen LogP contribution in [-0.4, -0.2) is 16.1 Å². The van der Waals surface area contributed by atoms with Crippen molar-refractivity contribution in [2.45, 2.75) is 38.0 Å². The Bertz CT molecular complexity index is 462. The fourth-order valence-electron chi connectivity index (χ4n) is 5.20. The molecule has 0 amide bonds. The summed E-state index contributed by atoms with van der Waals surface area (Å²) < 4.78 is 0. The number of carboxylic acid groups (broad SMARTS) is 1. The highest BCUT2D eigenvalue weighted by atomic mass is 16.4. The highest BCUT2D eigenvalue weighted by Gasteiger charge is 2.48.